The lowest BCUT2D eigenvalue weighted by Gasteiger charge is -2.29. The lowest BCUT2D eigenvalue weighted by Crippen LogP contribution is -2.54. The van der Waals surface area contributed by atoms with Crippen LogP contribution in [0.3, 0.4) is 0 Å². The predicted octanol–water partition coefficient (Wildman–Crippen LogP) is 3.97. The van der Waals surface area contributed by atoms with Crippen molar-refractivity contribution in [1.82, 2.24) is 5.32 Å². The van der Waals surface area contributed by atoms with E-state index in [1.165, 1.54) is 18.1 Å². The third-order valence-corrected chi connectivity index (χ3v) is 4.61. The van der Waals surface area contributed by atoms with Crippen LogP contribution in [0.2, 0.25) is 5.02 Å². The molecule has 0 aromatic heterocycles. The van der Waals surface area contributed by atoms with Gasteiger partial charge in [0.05, 0.1) is 18.9 Å². The highest BCUT2D eigenvalue weighted by Gasteiger charge is 2.34. The summed E-state index contributed by atoms with van der Waals surface area (Å²) in [5.74, 6) is -0.172. The van der Waals surface area contributed by atoms with Gasteiger partial charge in [-0.3, -0.25) is 19.8 Å². The molecule has 2 aromatic rings. The van der Waals surface area contributed by atoms with E-state index in [9.17, 15) is 9.59 Å². The molecule has 2 aromatic carbocycles. The van der Waals surface area contributed by atoms with E-state index in [0.717, 1.165) is 0 Å². The normalized spacial score (nSPS) is 15.7. The van der Waals surface area contributed by atoms with E-state index < -0.39 is 11.8 Å². The summed E-state index contributed by atoms with van der Waals surface area (Å²) in [6.45, 7) is 3.76. The number of ether oxygens (including phenoxy) is 2. The van der Waals surface area contributed by atoms with Crippen molar-refractivity contribution in [1.29, 1.82) is 0 Å². The first kappa shape index (κ1) is 20.8. The highest BCUT2D eigenvalue weighted by atomic mass is 35.5. The van der Waals surface area contributed by atoms with Gasteiger partial charge in [-0.25, -0.2) is 0 Å². The van der Waals surface area contributed by atoms with Gasteiger partial charge >= 0.3 is 0 Å². The Morgan fingerprint density at radius 3 is 2.45 bits per heavy atom. The smallest absolute Gasteiger partial charge is 0.270 e. The molecule has 1 heterocycles. The molecular formula is C21H19ClN2O4S. The molecule has 1 saturated heterocycles. The van der Waals surface area contributed by atoms with Gasteiger partial charge in [0.15, 0.2) is 16.6 Å². The maximum atomic E-state index is 13.1. The van der Waals surface area contributed by atoms with E-state index in [2.05, 4.69) is 5.32 Å². The van der Waals surface area contributed by atoms with Gasteiger partial charge in [-0.2, -0.15) is 0 Å². The zero-order valence-electron chi connectivity index (χ0n) is 16.1. The monoisotopic (exact) mass is 430 g/mol. The second-order valence-corrected chi connectivity index (χ2v) is 7.30. The van der Waals surface area contributed by atoms with Crippen LogP contribution in [0, 0.1) is 0 Å². The lowest BCUT2D eigenvalue weighted by molar-refractivity contribution is -0.122. The van der Waals surface area contributed by atoms with Crippen molar-refractivity contribution >= 4 is 52.5 Å². The molecular weight excluding hydrogens is 412 g/mol. The minimum Gasteiger partial charge on any atom is -0.493 e. The number of para-hydroxylation sites is 1. The van der Waals surface area contributed by atoms with Crippen LogP contribution in [0.25, 0.3) is 6.08 Å². The molecule has 0 atom stereocenters. The van der Waals surface area contributed by atoms with Crippen molar-refractivity contribution in [2.75, 3.05) is 12.0 Å². The van der Waals surface area contributed by atoms with Gasteiger partial charge in [0, 0.05) is 10.6 Å². The van der Waals surface area contributed by atoms with Crippen molar-refractivity contribution in [3.63, 3.8) is 0 Å². The SMILES string of the molecule is COc1cccc(/C=C2/C(=O)NC(=S)N(c3ccc(Cl)cc3)C2=O)c1OC(C)C. The highest BCUT2D eigenvalue weighted by Crippen LogP contribution is 2.34. The largest absolute Gasteiger partial charge is 0.493 e. The Morgan fingerprint density at radius 1 is 1.14 bits per heavy atom. The summed E-state index contributed by atoms with van der Waals surface area (Å²) in [5.41, 5.74) is 0.968. The molecule has 29 heavy (non-hydrogen) atoms. The number of nitrogens with one attached hydrogen (secondary N) is 1. The molecule has 1 aliphatic rings. The summed E-state index contributed by atoms with van der Waals surface area (Å²) < 4.78 is 11.2. The van der Waals surface area contributed by atoms with Crippen LogP contribution >= 0.6 is 23.8 Å². The Kier molecular flexibility index (Phi) is 6.20. The van der Waals surface area contributed by atoms with Crippen LogP contribution in [0.1, 0.15) is 19.4 Å². The summed E-state index contributed by atoms with van der Waals surface area (Å²) in [7, 11) is 1.53. The van der Waals surface area contributed by atoms with E-state index >= 15 is 0 Å². The van der Waals surface area contributed by atoms with Crippen LogP contribution < -0.4 is 19.7 Å². The molecule has 3 rings (SSSR count). The summed E-state index contributed by atoms with van der Waals surface area (Å²) in [6.07, 6.45) is 1.35. The number of hydrogen-bond donors (Lipinski definition) is 1. The van der Waals surface area contributed by atoms with E-state index in [4.69, 9.17) is 33.3 Å². The molecule has 0 aliphatic carbocycles. The molecule has 1 fully saturated rings. The van der Waals surface area contributed by atoms with E-state index in [1.807, 2.05) is 13.8 Å². The number of thiocarbonyl (C=S) groups is 1. The molecule has 0 saturated carbocycles. The van der Waals surface area contributed by atoms with Crippen LogP contribution in [-0.4, -0.2) is 30.1 Å². The molecule has 0 bridgehead atoms. The Bertz CT molecular complexity index is 1000. The minimum absolute atomic E-state index is 0.00349. The fraction of sp³-hybridized carbons (Fsp3) is 0.190. The van der Waals surface area contributed by atoms with Crippen molar-refractivity contribution in [3.05, 3.63) is 58.6 Å². The van der Waals surface area contributed by atoms with Crippen molar-refractivity contribution in [3.8, 4) is 11.5 Å². The van der Waals surface area contributed by atoms with Crippen molar-refractivity contribution in [2.24, 2.45) is 0 Å². The maximum absolute atomic E-state index is 13.1. The zero-order valence-corrected chi connectivity index (χ0v) is 17.6. The van der Waals surface area contributed by atoms with Gasteiger partial charge in [0.1, 0.15) is 5.57 Å². The van der Waals surface area contributed by atoms with Crippen LogP contribution in [0.5, 0.6) is 11.5 Å². The van der Waals surface area contributed by atoms with Crippen LogP contribution in [0.4, 0.5) is 5.69 Å². The first-order valence-corrected chi connectivity index (χ1v) is 9.61. The Balaban J connectivity index is 2.06. The quantitative estimate of drug-likeness (QED) is 0.441. The minimum atomic E-state index is -0.580. The molecule has 2 amide bonds. The number of halogens is 1. The van der Waals surface area contributed by atoms with Gasteiger partial charge in [-0.1, -0.05) is 23.7 Å². The summed E-state index contributed by atoms with van der Waals surface area (Å²) in [6, 6.07) is 11.8. The predicted molar refractivity (Wildman–Crippen MR) is 116 cm³/mol. The third-order valence-electron chi connectivity index (χ3n) is 4.07. The number of amides is 2. The Labute approximate surface area is 179 Å². The lowest BCUT2D eigenvalue weighted by atomic mass is 10.1. The number of benzene rings is 2. The van der Waals surface area contributed by atoms with Crippen molar-refractivity contribution in [2.45, 2.75) is 20.0 Å². The fourth-order valence-corrected chi connectivity index (χ4v) is 3.21. The zero-order chi connectivity index (χ0) is 21.1. The maximum Gasteiger partial charge on any atom is 0.270 e. The van der Waals surface area contributed by atoms with Crippen LogP contribution in [-0.2, 0) is 9.59 Å². The molecule has 6 nitrogen and oxygen atoms in total. The molecule has 1 aliphatic heterocycles. The van der Waals surface area contributed by atoms with E-state index in [-0.39, 0.29) is 16.8 Å². The second kappa shape index (κ2) is 8.63. The summed E-state index contributed by atoms with van der Waals surface area (Å²) in [5, 5.41) is 3.08. The summed E-state index contributed by atoms with van der Waals surface area (Å²) in [4.78, 5) is 26.9. The molecule has 0 radical (unpaired) electrons. The average molecular weight is 431 g/mol. The Hall–Kier alpha value is -2.90. The molecule has 8 heteroatoms. The van der Waals surface area contributed by atoms with Gasteiger partial charge < -0.3 is 9.47 Å². The van der Waals surface area contributed by atoms with E-state index in [0.29, 0.717) is 27.8 Å². The first-order chi connectivity index (χ1) is 13.8. The number of hydrogen-bond acceptors (Lipinski definition) is 5. The second-order valence-electron chi connectivity index (χ2n) is 6.48. The van der Waals surface area contributed by atoms with Crippen LogP contribution in [0.15, 0.2) is 48.0 Å². The number of nitrogens with zero attached hydrogens (tertiary/aromatic N) is 1. The van der Waals surface area contributed by atoms with Gasteiger partial charge in [-0.05, 0) is 62.5 Å². The fourth-order valence-electron chi connectivity index (χ4n) is 2.81. The number of methoxy groups -OCH3 is 1. The first-order valence-electron chi connectivity index (χ1n) is 8.82. The van der Waals surface area contributed by atoms with Gasteiger partial charge in [0.2, 0.25) is 0 Å². The molecule has 0 unspecified atom stereocenters. The molecule has 1 N–H and O–H groups in total. The number of anilines is 1. The van der Waals surface area contributed by atoms with Crippen molar-refractivity contribution < 1.29 is 19.1 Å². The third kappa shape index (κ3) is 4.41. The van der Waals surface area contributed by atoms with Gasteiger partial charge in [-0.15, -0.1) is 0 Å². The number of carbonyl (C=O) groups excluding carboxylic acids is 2. The Morgan fingerprint density at radius 2 is 1.83 bits per heavy atom. The number of rotatable bonds is 5. The molecule has 0 spiro atoms. The number of carbonyl (C=O) groups is 2. The topological polar surface area (TPSA) is 67.9 Å². The molecule has 150 valence electrons. The standard InChI is InChI=1S/C21H19ClN2O4S/c1-12(2)28-18-13(5-4-6-17(18)27-3)11-16-19(25)23-21(29)24(20(16)26)15-9-7-14(22)8-10-15/h4-12H,1-3H3,(H,23,25,29)/b16-11-. The summed E-state index contributed by atoms with van der Waals surface area (Å²) >= 11 is 11.1. The van der Waals surface area contributed by atoms with E-state index in [1.54, 1.807) is 42.5 Å². The van der Waals surface area contributed by atoms with Gasteiger partial charge in [0.25, 0.3) is 11.8 Å². The highest BCUT2D eigenvalue weighted by molar-refractivity contribution is 7.80. The average Bonchev–Trinajstić information content (AvgIpc) is 2.67.